The average molecular weight is 461 g/mol. The van der Waals surface area contributed by atoms with Crippen LogP contribution in [-0.4, -0.2) is 68.6 Å². The minimum Gasteiger partial charge on any atom is -0.480 e. The highest BCUT2D eigenvalue weighted by Crippen LogP contribution is 2.32. The molecular weight excluding hydrogens is 439 g/mol. The number of halogens is 2. The zero-order valence-corrected chi connectivity index (χ0v) is 18.1. The van der Waals surface area contributed by atoms with Gasteiger partial charge in [0.25, 0.3) is 5.91 Å². The average Bonchev–Trinajstić information content (AvgIpc) is 3.28. The molecule has 11 heteroatoms. The van der Waals surface area contributed by atoms with Crippen molar-refractivity contribution in [2.24, 2.45) is 0 Å². The Bertz CT molecular complexity index is 1050. The molecule has 4 rings (SSSR count). The summed E-state index contributed by atoms with van der Waals surface area (Å²) >= 11 is 6.04. The van der Waals surface area contributed by atoms with Gasteiger partial charge in [-0.3, -0.25) is 9.69 Å². The molecule has 1 unspecified atom stereocenters. The van der Waals surface area contributed by atoms with Crippen molar-refractivity contribution in [3.63, 3.8) is 0 Å². The summed E-state index contributed by atoms with van der Waals surface area (Å²) in [5.74, 6) is 0.252. The van der Waals surface area contributed by atoms with E-state index >= 15 is 0 Å². The molecule has 1 aliphatic heterocycles. The molecule has 1 N–H and O–H groups in total. The Kier molecular flexibility index (Phi) is 6.81. The number of hydrogen-bond donors (Lipinski definition) is 1. The van der Waals surface area contributed by atoms with Crippen molar-refractivity contribution in [3.8, 4) is 17.5 Å². The molecule has 9 nitrogen and oxygen atoms in total. The third kappa shape index (κ3) is 5.51. The van der Waals surface area contributed by atoms with E-state index in [0.29, 0.717) is 23.9 Å². The maximum atomic E-state index is 13.1. The van der Waals surface area contributed by atoms with E-state index in [4.69, 9.17) is 21.1 Å². The minimum absolute atomic E-state index is 0.00865. The fourth-order valence-corrected chi connectivity index (χ4v) is 3.75. The second-order valence-corrected chi connectivity index (χ2v) is 7.91. The number of piperazine rings is 1. The maximum absolute atomic E-state index is 13.1. The van der Waals surface area contributed by atoms with Crippen molar-refractivity contribution in [1.82, 2.24) is 30.4 Å². The quantitative estimate of drug-likeness (QED) is 0.579. The lowest BCUT2D eigenvalue weighted by Gasteiger charge is -2.39. The van der Waals surface area contributed by atoms with Crippen LogP contribution in [0.25, 0.3) is 0 Å². The van der Waals surface area contributed by atoms with Crippen LogP contribution in [0.4, 0.5) is 4.39 Å². The van der Waals surface area contributed by atoms with Crippen molar-refractivity contribution in [2.45, 2.75) is 19.5 Å². The summed E-state index contributed by atoms with van der Waals surface area (Å²) in [4.78, 5) is 16.9. The summed E-state index contributed by atoms with van der Waals surface area (Å²) in [5.41, 5.74) is 1.04. The molecule has 1 amide bonds. The van der Waals surface area contributed by atoms with Crippen LogP contribution in [-0.2, 0) is 11.3 Å². The molecule has 32 heavy (non-hydrogen) atoms. The highest BCUT2D eigenvalue weighted by Gasteiger charge is 2.28. The summed E-state index contributed by atoms with van der Waals surface area (Å²) < 4.78 is 24.4. The molecule has 2 heterocycles. The minimum atomic E-state index is -0.246. The zero-order valence-electron chi connectivity index (χ0n) is 17.4. The van der Waals surface area contributed by atoms with Crippen LogP contribution in [0.15, 0.2) is 42.5 Å². The van der Waals surface area contributed by atoms with Crippen molar-refractivity contribution < 1.29 is 18.7 Å². The number of H-pyrrole nitrogens is 1. The van der Waals surface area contributed by atoms with Gasteiger partial charge in [-0.1, -0.05) is 33.9 Å². The van der Waals surface area contributed by atoms with Gasteiger partial charge >= 0.3 is 6.01 Å². The fourth-order valence-electron chi connectivity index (χ4n) is 3.59. The number of hydrogen-bond acceptors (Lipinski definition) is 7. The third-order valence-corrected chi connectivity index (χ3v) is 5.37. The van der Waals surface area contributed by atoms with E-state index in [2.05, 4.69) is 25.5 Å². The summed E-state index contributed by atoms with van der Waals surface area (Å²) in [5, 5.41) is 13.6. The number of aromatic amines is 1. The Morgan fingerprint density at radius 1 is 1.22 bits per heavy atom. The molecule has 3 aromatic rings. The third-order valence-electron chi connectivity index (χ3n) is 5.14. The van der Waals surface area contributed by atoms with Gasteiger partial charge in [0, 0.05) is 43.3 Å². The normalized spacial score (nSPS) is 16.7. The standard InChI is InChI=1S/C21H22ClFN6O3/c1-14-11-28(12-15-2-5-17(23)6-3-15)8-9-29(14)20(30)13-31-18-7-4-16(22)10-19(18)32-21-24-26-27-25-21/h2-7,10,14H,8-9,11-13H2,1H3,(H,24,25,26,27). The second kappa shape index (κ2) is 9.92. The number of nitrogens with one attached hydrogen (secondary N) is 1. The number of rotatable bonds is 7. The topological polar surface area (TPSA) is 96.5 Å². The number of tetrazole rings is 1. The van der Waals surface area contributed by atoms with Gasteiger partial charge in [0.1, 0.15) is 5.82 Å². The van der Waals surface area contributed by atoms with Gasteiger partial charge in [-0.05, 0) is 42.0 Å². The number of ether oxygens (including phenoxy) is 2. The predicted octanol–water partition coefficient (Wildman–Crippen LogP) is 2.90. The van der Waals surface area contributed by atoms with Crippen LogP contribution in [0.1, 0.15) is 12.5 Å². The van der Waals surface area contributed by atoms with E-state index in [9.17, 15) is 9.18 Å². The Morgan fingerprint density at radius 3 is 2.75 bits per heavy atom. The molecule has 0 radical (unpaired) electrons. The first-order chi connectivity index (χ1) is 15.5. The number of carbonyl (C=O) groups is 1. The molecule has 1 aliphatic rings. The molecule has 0 saturated carbocycles. The van der Waals surface area contributed by atoms with Gasteiger partial charge in [0.05, 0.1) is 0 Å². The first kappa shape index (κ1) is 22.0. The Labute approximate surface area is 189 Å². The van der Waals surface area contributed by atoms with E-state index in [1.54, 1.807) is 35.2 Å². The van der Waals surface area contributed by atoms with Gasteiger partial charge < -0.3 is 14.4 Å². The van der Waals surface area contributed by atoms with Crippen LogP contribution in [0, 0.1) is 5.82 Å². The molecular formula is C21H22ClFN6O3. The molecule has 2 aromatic carbocycles. The molecule has 1 saturated heterocycles. The lowest BCUT2D eigenvalue weighted by atomic mass is 10.1. The van der Waals surface area contributed by atoms with E-state index in [-0.39, 0.29) is 36.1 Å². The van der Waals surface area contributed by atoms with Crippen LogP contribution in [0.5, 0.6) is 17.5 Å². The van der Waals surface area contributed by atoms with E-state index in [1.165, 1.54) is 12.1 Å². The smallest absolute Gasteiger partial charge is 0.361 e. The second-order valence-electron chi connectivity index (χ2n) is 7.47. The van der Waals surface area contributed by atoms with Gasteiger partial charge in [-0.25, -0.2) is 4.39 Å². The Balaban J connectivity index is 1.32. The van der Waals surface area contributed by atoms with Crippen molar-refractivity contribution in [3.05, 3.63) is 58.9 Å². The van der Waals surface area contributed by atoms with Gasteiger partial charge in [-0.2, -0.15) is 5.21 Å². The van der Waals surface area contributed by atoms with Crippen molar-refractivity contribution >= 4 is 17.5 Å². The number of aromatic nitrogens is 4. The lowest BCUT2D eigenvalue weighted by molar-refractivity contribution is -0.138. The van der Waals surface area contributed by atoms with Gasteiger partial charge in [0.15, 0.2) is 18.1 Å². The van der Waals surface area contributed by atoms with E-state index in [0.717, 1.165) is 18.7 Å². The van der Waals surface area contributed by atoms with Gasteiger partial charge in [0.2, 0.25) is 0 Å². The highest BCUT2D eigenvalue weighted by atomic mass is 35.5. The van der Waals surface area contributed by atoms with Crippen LogP contribution in [0.2, 0.25) is 5.02 Å². The molecule has 0 bridgehead atoms. The zero-order chi connectivity index (χ0) is 22.5. The number of carbonyl (C=O) groups excluding carboxylic acids is 1. The largest absolute Gasteiger partial charge is 0.480 e. The Hall–Kier alpha value is -3.24. The molecule has 1 fully saturated rings. The van der Waals surface area contributed by atoms with Crippen molar-refractivity contribution in [2.75, 3.05) is 26.2 Å². The number of amides is 1. The first-order valence-corrected chi connectivity index (χ1v) is 10.5. The fraction of sp³-hybridized carbons (Fsp3) is 0.333. The summed E-state index contributed by atoms with van der Waals surface area (Å²) in [6.07, 6.45) is 0. The molecule has 0 aliphatic carbocycles. The lowest BCUT2D eigenvalue weighted by Crippen LogP contribution is -2.54. The molecule has 1 aromatic heterocycles. The van der Waals surface area contributed by atoms with Crippen LogP contribution in [0.3, 0.4) is 0 Å². The molecule has 168 valence electrons. The monoisotopic (exact) mass is 460 g/mol. The Morgan fingerprint density at radius 2 is 2.03 bits per heavy atom. The number of benzene rings is 2. The molecule has 0 spiro atoms. The van der Waals surface area contributed by atoms with Crippen molar-refractivity contribution in [1.29, 1.82) is 0 Å². The van der Waals surface area contributed by atoms with E-state index in [1.807, 2.05) is 6.92 Å². The highest BCUT2D eigenvalue weighted by molar-refractivity contribution is 6.30. The van der Waals surface area contributed by atoms with Gasteiger partial charge in [-0.15, -0.1) is 0 Å². The van der Waals surface area contributed by atoms with Crippen LogP contribution < -0.4 is 9.47 Å². The predicted molar refractivity (Wildman–Crippen MR) is 114 cm³/mol. The van der Waals surface area contributed by atoms with Crippen LogP contribution >= 0.6 is 11.6 Å². The first-order valence-electron chi connectivity index (χ1n) is 10.1. The van der Waals surface area contributed by atoms with E-state index < -0.39 is 0 Å². The summed E-state index contributed by atoms with van der Waals surface area (Å²) in [7, 11) is 0. The summed E-state index contributed by atoms with van der Waals surface area (Å²) in [6.45, 7) is 4.59. The maximum Gasteiger partial charge on any atom is 0.361 e. The SMILES string of the molecule is CC1CN(Cc2ccc(F)cc2)CCN1C(=O)COc1ccc(Cl)cc1Oc1nn[nH]n1. The molecule has 1 atom stereocenters. The summed E-state index contributed by atoms with van der Waals surface area (Å²) in [6, 6.07) is 11.3. The number of nitrogens with zero attached hydrogens (tertiary/aromatic N) is 5.